The van der Waals surface area contributed by atoms with Gasteiger partial charge in [-0.15, -0.1) is 34.0 Å². The van der Waals surface area contributed by atoms with Crippen LogP contribution in [0, 0.1) is 68.0 Å². The molecule has 3 aromatic carbocycles. The maximum absolute atomic E-state index is 13.1. The number of halogens is 3. The Morgan fingerprint density at radius 1 is 0.364 bits per heavy atom. The molecule has 3 aliphatic rings. The van der Waals surface area contributed by atoms with Gasteiger partial charge in [0.15, 0.2) is 0 Å². The Morgan fingerprint density at radius 3 is 0.760 bits per heavy atom. The normalized spacial score (nSPS) is 13.7. The van der Waals surface area contributed by atoms with E-state index in [-0.39, 0.29) is 152 Å². The highest BCUT2D eigenvalue weighted by atomic mass is 35.5. The minimum Gasteiger partial charge on any atom is -0.463 e. The van der Waals surface area contributed by atoms with Crippen molar-refractivity contribution in [3.05, 3.63) is 279 Å². The molecule has 0 amide bonds. The van der Waals surface area contributed by atoms with E-state index in [1.165, 1.54) is 35.3 Å². The fourth-order valence-electron chi connectivity index (χ4n) is 11.0. The maximum atomic E-state index is 13.1. The summed E-state index contributed by atoms with van der Waals surface area (Å²) in [6.45, 7) is 19.0. The Balaban J connectivity index is 0.000000448. The lowest BCUT2D eigenvalue weighted by molar-refractivity contribution is -0.140. The molecule has 680 valence electrons. The molecule has 9 aromatic rings. The zero-order chi connectivity index (χ0) is 95.9. The molecule has 3 unspecified atom stereocenters. The molecule has 0 saturated heterocycles. The van der Waals surface area contributed by atoms with Crippen LogP contribution in [0.1, 0.15) is 120 Å². The molecule has 6 aromatic heterocycles. The van der Waals surface area contributed by atoms with E-state index >= 15 is 0 Å². The number of aliphatic hydroxyl groups is 7. The first kappa shape index (κ1) is 112. The van der Waals surface area contributed by atoms with Crippen molar-refractivity contribution < 1.29 is 78.6 Å². The van der Waals surface area contributed by atoms with Gasteiger partial charge < -0.3 is 81.4 Å². The van der Waals surface area contributed by atoms with Crippen LogP contribution in [0.15, 0.2) is 245 Å². The summed E-state index contributed by atoms with van der Waals surface area (Å²) in [6.07, 6.45) is 0. The van der Waals surface area contributed by atoms with Crippen molar-refractivity contribution in [2.24, 2.45) is 17.2 Å². The van der Waals surface area contributed by atoms with E-state index in [2.05, 4.69) is 51.4 Å². The van der Waals surface area contributed by atoms with Gasteiger partial charge in [-0.2, -0.15) is 31.6 Å². The minimum atomic E-state index is -0.795. The van der Waals surface area contributed by atoms with Crippen LogP contribution in [0.25, 0.3) is 31.7 Å². The monoisotopic (exact) mass is 1920 g/mol. The summed E-state index contributed by atoms with van der Waals surface area (Å²) in [5.41, 5.74) is 24.5. The van der Waals surface area contributed by atoms with Crippen LogP contribution in [0.3, 0.4) is 0 Å². The Bertz CT molecular complexity index is 4980. The van der Waals surface area contributed by atoms with Gasteiger partial charge >= 0.3 is 17.9 Å². The Labute approximate surface area is 790 Å². The smallest absolute Gasteiger partial charge is 0.338 e. The minimum absolute atomic E-state index is 0.0955. The first-order chi connectivity index (χ1) is 62.3. The molecule has 0 radical (unpaired) electrons. The number of carbonyl (C=O) groups is 3. The van der Waals surface area contributed by atoms with Gasteiger partial charge in [0, 0.05) is 61.3 Å². The molecule has 13 N–H and O–H groups in total. The summed E-state index contributed by atoms with van der Waals surface area (Å²) < 4.78 is 33.4. The third-order valence-corrected chi connectivity index (χ3v) is 22.3. The van der Waals surface area contributed by atoms with Crippen LogP contribution >= 0.6 is 104 Å². The number of hydrogen-bond acceptors (Lipinski definition) is 34. The SMILES string of the molecule is CCO.CCO.CCO.CCO.CCO.CCO.CCO.CCOC(=O)C1=C(CSc2nc(-c3cccs3)ccc2C#N)OC(N)=C(C#N)C1c1ccc(Cl)cc1.CCOC(=O)C1=C(CSc2nc(-c3cccs3)ccc2C#N)OC(N)=C(C#N)C1c1ccc(Cl)cc1.CCOC(=O)C1=C(CSc2nc(-c3cccs3)ccc2C#N)OC(N)=C(C#N)C1c1ccc(Cl)cc1. The van der Waals surface area contributed by atoms with Gasteiger partial charge in [0.1, 0.15) is 85.5 Å². The number of thiophene rings is 3. The molecule has 0 bridgehead atoms. The van der Waals surface area contributed by atoms with Crippen molar-refractivity contribution in [3.8, 4) is 68.1 Å². The molecule has 3 aliphatic heterocycles. The van der Waals surface area contributed by atoms with Crippen LogP contribution in [0.5, 0.6) is 0 Å². The number of benzene rings is 3. The van der Waals surface area contributed by atoms with E-state index in [9.17, 15) is 46.0 Å². The van der Waals surface area contributed by atoms with Crippen LogP contribution < -0.4 is 17.2 Å². The molecular weight excluding hydrogens is 1830 g/mol. The van der Waals surface area contributed by atoms with Crippen molar-refractivity contribution in [2.45, 2.75) is 102 Å². The number of aromatic nitrogens is 3. The number of hydrogen-bond donors (Lipinski definition) is 10. The Kier molecular flexibility index (Phi) is 54.2. The Morgan fingerprint density at radius 2 is 0.581 bits per heavy atom. The fraction of sp³-hybridized carbons (Fsp3) is 0.283. The summed E-state index contributed by atoms with van der Waals surface area (Å²) in [5.74, 6) is -3.41. The number of rotatable bonds is 21. The summed E-state index contributed by atoms with van der Waals surface area (Å²) in [6, 6.07) is 55.3. The van der Waals surface area contributed by atoms with Crippen molar-refractivity contribution in [2.75, 3.05) is 83.3 Å². The number of pyridine rings is 3. The largest absolute Gasteiger partial charge is 0.463 e. The number of nitriles is 6. The molecule has 129 heavy (non-hydrogen) atoms. The van der Waals surface area contributed by atoms with Crippen LogP contribution in [-0.4, -0.2) is 152 Å². The highest BCUT2D eigenvalue weighted by Crippen LogP contribution is 2.46. The van der Waals surface area contributed by atoms with Crippen molar-refractivity contribution in [1.82, 2.24) is 15.0 Å². The van der Waals surface area contributed by atoms with Crippen molar-refractivity contribution >= 4 is 122 Å². The molecule has 0 fully saturated rings. The zero-order valence-electron chi connectivity index (χ0n) is 72.2. The topological polar surface area (TPSA) is 508 Å². The van der Waals surface area contributed by atoms with Gasteiger partial charge in [-0.1, -0.05) is 125 Å². The number of aliphatic hydroxyl groups excluding tert-OH is 7. The maximum Gasteiger partial charge on any atom is 0.338 e. The highest BCUT2D eigenvalue weighted by Gasteiger charge is 2.41. The quantitative estimate of drug-likeness (QED) is 0.0181. The number of ether oxygens (including phenoxy) is 6. The molecule has 37 heteroatoms. The molecule has 0 saturated carbocycles. The number of allylic oxidation sites excluding steroid dienone is 3. The number of thioether (sulfide) groups is 3. The highest BCUT2D eigenvalue weighted by molar-refractivity contribution is 8.00. The Hall–Kier alpha value is -11.6. The predicted molar refractivity (Wildman–Crippen MR) is 506 cm³/mol. The van der Waals surface area contributed by atoms with Crippen molar-refractivity contribution in [3.63, 3.8) is 0 Å². The van der Waals surface area contributed by atoms with Gasteiger partial charge in [0.2, 0.25) is 17.6 Å². The van der Waals surface area contributed by atoms with E-state index in [0.29, 0.717) is 63.5 Å². The molecular formula is C92H99Cl3N12O16S6. The van der Waals surface area contributed by atoms with Gasteiger partial charge in [-0.3, -0.25) is 0 Å². The van der Waals surface area contributed by atoms with Crippen LogP contribution in [-0.2, 0) is 42.8 Å². The van der Waals surface area contributed by atoms with Gasteiger partial charge in [-0.05, 0) is 193 Å². The van der Waals surface area contributed by atoms with E-state index in [4.69, 9.17) is 116 Å². The molecule has 12 rings (SSSR count). The number of nitrogens with two attached hydrogens (primary N) is 3. The lowest BCUT2D eigenvalue weighted by Crippen LogP contribution is -2.27. The standard InChI is InChI=1S/3C26H19ClN4O3S2.7C2H6O/c3*1-2-33-26(32)23-20(34-24(30)18(13-29)22(23)15-5-8-17(27)9-6-15)14-36-25-16(12-28)7-10-19(31-25)21-4-3-11-35-21;7*1-2-3/h3*3-11,22H,2,14,30H2,1H3;7*3H,2H2,1H3. The number of esters is 3. The second-order valence-corrected chi connectivity index (χ2v) is 31.6. The summed E-state index contributed by atoms with van der Waals surface area (Å²) in [4.78, 5) is 56.3. The zero-order valence-corrected chi connectivity index (χ0v) is 79.3. The molecule has 3 atom stereocenters. The van der Waals surface area contributed by atoms with E-state index < -0.39 is 35.7 Å². The van der Waals surface area contributed by atoms with Crippen LogP contribution in [0.2, 0.25) is 15.1 Å². The third kappa shape index (κ3) is 34.4. The van der Waals surface area contributed by atoms with E-state index in [1.54, 1.807) is 212 Å². The lowest BCUT2D eigenvalue weighted by atomic mass is 9.83. The van der Waals surface area contributed by atoms with E-state index in [0.717, 1.165) is 31.7 Å². The van der Waals surface area contributed by atoms with Gasteiger partial charge in [0.05, 0.1) is 120 Å². The molecule has 28 nitrogen and oxygen atoms in total. The van der Waals surface area contributed by atoms with Crippen molar-refractivity contribution in [1.29, 1.82) is 31.6 Å². The predicted octanol–water partition coefficient (Wildman–Crippen LogP) is 17.2. The molecule has 0 spiro atoms. The fourth-order valence-corrected chi connectivity index (χ4v) is 16.2. The number of carbonyl (C=O) groups excluding carboxylic acids is 3. The first-order valence-electron chi connectivity index (χ1n) is 39.5. The second-order valence-electron chi connectivity index (χ2n) is 24.6. The lowest BCUT2D eigenvalue weighted by Gasteiger charge is -2.28. The summed E-state index contributed by atoms with van der Waals surface area (Å²) in [7, 11) is 0. The van der Waals surface area contributed by atoms with E-state index in [1.807, 2.05) is 52.5 Å². The third-order valence-electron chi connectivity index (χ3n) is 15.9. The number of nitrogens with zero attached hydrogens (tertiary/aromatic N) is 9. The first-order valence-corrected chi connectivity index (χ1v) is 46.2. The molecule has 0 aliphatic carbocycles. The van der Waals surface area contributed by atoms with Crippen LogP contribution in [0.4, 0.5) is 0 Å². The summed E-state index contributed by atoms with van der Waals surface area (Å²) in [5, 5.41) is 120. The second kappa shape index (κ2) is 62.6. The average molecular weight is 1930 g/mol. The average Bonchev–Trinajstić information content (AvgIpc) is 1.30. The molecule has 9 heterocycles. The van der Waals surface area contributed by atoms with Gasteiger partial charge in [-0.25, -0.2) is 29.3 Å². The van der Waals surface area contributed by atoms with Gasteiger partial charge in [0.25, 0.3) is 0 Å². The summed E-state index contributed by atoms with van der Waals surface area (Å²) >= 11 is 26.5.